The molecule has 0 heterocycles. The first kappa shape index (κ1) is 91.1. The summed E-state index contributed by atoms with van der Waals surface area (Å²) >= 11 is 0. The molecule has 0 spiro atoms. The van der Waals surface area contributed by atoms with Crippen molar-refractivity contribution in [3.8, 4) is 0 Å². The largest absolute Gasteiger partial charge is 0.472 e. The molecule has 552 valence electrons. The SMILES string of the molecule is CCCCCCCCCCCCCCCCCCCCC(=O)O[C@H](COC(=O)CCCCCCCCCCCCCCC)COP(=O)(O)OC[C@@H](O)COP(=O)(O)OC[C@@H](COC(=O)CCCCCCCCCC(C)C)OC(=O)CCCCCCCCCCCCCC. The van der Waals surface area contributed by atoms with Crippen LogP contribution in [0, 0.1) is 5.92 Å². The van der Waals surface area contributed by atoms with Crippen molar-refractivity contribution in [1.29, 1.82) is 0 Å². The van der Waals surface area contributed by atoms with E-state index in [1.165, 1.54) is 205 Å². The first-order chi connectivity index (χ1) is 45.0. The molecule has 0 saturated heterocycles. The van der Waals surface area contributed by atoms with Gasteiger partial charge in [0.1, 0.15) is 19.3 Å². The van der Waals surface area contributed by atoms with Crippen LogP contribution in [-0.4, -0.2) is 96.7 Å². The molecule has 0 aliphatic heterocycles. The van der Waals surface area contributed by atoms with Crippen molar-refractivity contribution in [3.05, 3.63) is 0 Å². The number of rotatable bonds is 74. The Morgan fingerprint density at radius 1 is 0.290 bits per heavy atom. The summed E-state index contributed by atoms with van der Waals surface area (Å²) in [6.07, 6.45) is 55.5. The van der Waals surface area contributed by atoms with Crippen LogP contribution in [0.4, 0.5) is 0 Å². The summed E-state index contributed by atoms with van der Waals surface area (Å²) in [5, 5.41) is 10.6. The second kappa shape index (κ2) is 67.3. The summed E-state index contributed by atoms with van der Waals surface area (Å²) in [6.45, 7) is 7.23. The highest BCUT2D eigenvalue weighted by Gasteiger charge is 2.30. The molecular formula is C74H144O17P2. The van der Waals surface area contributed by atoms with Crippen LogP contribution >= 0.6 is 15.6 Å². The fourth-order valence-corrected chi connectivity index (χ4v) is 12.9. The van der Waals surface area contributed by atoms with Gasteiger partial charge in [-0.05, 0) is 31.6 Å². The van der Waals surface area contributed by atoms with Crippen LogP contribution in [-0.2, 0) is 65.4 Å². The molecule has 17 nitrogen and oxygen atoms in total. The molecule has 0 aliphatic rings. The van der Waals surface area contributed by atoms with E-state index in [1.54, 1.807) is 0 Å². The van der Waals surface area contributed by atoms with Crippen LogP contribution in [0.3, 0.4) is 0 Å². The zero-order valence-electron chi connectivity index (χ0n) is 60.4. The fourth-order valence-electron chi connectivity index (χ4n) is 11.4. The van der Waals surface area contributed by atoms with Crippen molar-refractivity contribution in [1.82, 2.24) is 0 Å². The molecule has 0 aromatic carbocycles. The highest BCUT2D eigenvalue weighted by atomic mass is 31.2. The summed E-state index contributed by atoms with van der Waals surface area (Å²) in [6, 6.07) is 0. The van der Waals surface area contributed by atoms with Crippen molar-refractivity contribution in [3.63, 3.8) is 0 Å². The topological polar surface area (TPSA) is 237 Å². The second-order valence-corrected chi connectivity index (χ2v) is 30.1. The van der Waals surface area contributed by atoms with Gasteiger partial charge in [-0.2, -0.15) is 0 Å². The fraction of sp³-hybridized carbons (Fsp3) is 0.946. The molecule has 0 aromatic rings. The molecule has 0 fully saturated rings. The van der Waals surface area contributed by atoms with E-state index >= 15 is 0 Å². The molecular weight excluding hydrogens is 1220 g/mol. The van der Waals surface area contributed by atoms with E-state index in [2.05, 4.69) is 34.6 Å². The van der Waals surface area contributed by atoms with Crippen LogP contribution in [0.25, 0.3) is 0 Å². The molecule has 19 heteroatoms. The Morgan fingerprint density at radius 2 is 0.495 bits per heavy atom. The Balaban J connectivity index is 5.23. The smallest absolute Gasteiger partial charge is 0.462 e. The van der Waals surface area contributed by atoms with Crippen molar-refractivity contribution < 1.29 is 80.2 Å². The molecule has 0 aromatic heterocycles. The quantitative estimate of drug-likeness (QED) is 0.0222. The average Bonchev–Trinajstić information content (AvgIpc) is 2.09. The highest BCUT2D eigenvalue weighted by molar-refractivity contribution is 7.47. The van der Waals surface area contributed by atoms with Crippen LogP contribution in [0.1, 0.15) is 388 Å². The van der Waals surface area contributed by atoms with Gasteiger partial charge in [-0.3, -0.25) is 37.3 Å². The lowest BCUT2D eigenvalue weighted by Gasteiger charge is -2.21. The van der Waals surface area contributed by atoms with Crippen molar-refractivity contribution in [2.75, 3.05) is 39.6 Å². The van der Waals surface area contributed by atoms with E-state index in [9.17, 15) is 43.2 Å². The summed E-state index contributed by atoms with van der Waals surface area (Å²) in [4.78, 5) is 72.7. The standard InChI is InChI=1S/C74H144O17P2/c1-6-9-12-15-18-21-24-27-28-29-30-31-33-36-39-44-50-55-60-74(79)90-69(63-84-71(76)57-52-47-42-37-35-32-25-22-19-16-13-10-7-2)65-88-92(80,81)86-61-68(75)62-87-93(82,83)89-66-70(64-85-72(77)58-53-48-45-40-41-46-51-56-67(4)5)91-73(78)59-54-49-43-38-34-26-23-20-17-14-11-8-3/h67-70,75H,6-66H2,1-5H3,(H,80,81)(H,82,83)/t68-,69-,70-/m1/s1. The number of aliphatic hydroxyl groups excluding tert-OH is 1. The number of hydrogen-bond acceptors (Lipinski definition) is 15. The molecule has 0 saturated carbocycles. The predicted molar refractivity (Wildman–Crippen MR) is 377 cm³/mol. The van der Waals surface area contributed by atoms with E-state index in [0.29, 0.717) is 31.6 Å². The van der Waals surface area contributed by atoms with Crippen molar-refractivity contribution >= 4 is 39.5 Å². The molecule has 2 unspecified atom stereocenters. The first-order valence-electron chi connectivity index (χ1n) is 38.6. The normalized spacial score (nSPS) is 14.0. The highest BCUT2D eigenvalue weighted by Crippen LogP contribution is 2.45. The van der Waals surface area contributed by atoms with Gasteiger partial charge in [-0.15, -0.1) is 0 Å². The summed E-state index contributed by atoms with van der Waals surface area (Å²) in [5.74, 6) is -1.41. The van der Waals surface area contributed by atoms with Gasteiger partial charge in [0.05, 0.1) is 26.4 Å². The maximum atomic E-state index is 13.1. The molecule has 3 N–H and O–H groups in total. The minimum absolute atomic E-state index is 0.107. The Labute approximate surface area is 568 Å². The predicted octanol–water partition coefficient (Wildman–Crippen LogP) is 21.7. The average molecular weight is 1370 g/mol. The van der Waals surface area contributed by atoms with Gasteiger partial charge in [-0.1, -0.05) is 336 Å². The van der Waals surface area contributed by atoms with E-state index in [1.807, 2.05) is 0 Å². The van der Waals surface area contributed by atoms with Gasteiger partial charge < -0.3 is 33.8 Å². The van der Waals surface area contributed by atoms with Gasteiger partial charge in [0.2, 0.25) is 0 Å². The molecule has 0 radical (unpaired) electrons. The summed E-state index contributed by atoms with van der Waals surface area (Å²) < 4.78 is 68.4. The number of unbranched alkanes of at least 4 members (excludes halogenated alkanes) is 46. The number of phosphoric ester groups is 2. The van der Waals surface area contributed by atoms with Crippen molar-refractivity contribution in [2.24, 2.45) is 5.92 Å². The third kappa shape index (κ3) is 68.4. The summed E-state index contributed by atoms with van der Waals surface area (Å²) in [5.41, 5.74) is 0. The number of esters is 4. The lowest BCUT2D eigenvalue weighted by Crippen LogP contribution is -2.30. The van der Waals surface area contributed by atoms with Gasteiger partial charge >= 0.3 is 39.5 Å². The number of aliphatic hydroxyl groups is 1. The van der Waals surface area contributed by atoms with Crippen LogP contribution in [0.2, 0.25) is 0 Å². The Morgan fingerprint density at radius 3 is 0.731 bits per heavy atom. The lowest BCUT2D eigenvalue weighted by molar-refractivity contribution is -0.161. The molecule has 0 rings (SSSR count). The Bertz CT molecular complexity index is 1790. The van der Waals surface area contributed by atoms with E-state index in [0.717, 1.165) is 96.3 Å². The van der Waals surface area contributed by atoms with Gasteiger partial charge in [-0.25, -0.2) is 9.13 Å². The van der Waals surface area contributed by atoms with E-state index in [-0.39, 0.29) is 25.7 Å². The minimum Gasteiger partial charge on any atom is -0.462 e. The van der Waals surface area contributed by atoms with E-state index < -0.39 is 97.5 Å². The number of phosphoric acid groups is 2. The number of carbonyl (C=O) groups is 4. The van der Waals surface area contributed by atoms with Crippen LogP contribution < -0.4 is 0 Å². The molecule has 93 heavy (non-hydrogen) atoms. The molecule has 0 aliphatic carbocycles. The Hall–Kier alpha value is -1.94. The zero-order chi connectivity index (χ0) is 68.4. The summed E-state index contributed by atoms with van der Waals surface area (Å²) in [7, 11) is -9.90. The third-order valence-corrected chi connectivity index (χ3v) is 19.2. The molecule has 0 amide bonds. The zero-order valence-corrected chi connectivity index (χ0v) is 62.2. The first-order valence-corrected chi connectivity index (χ1v) is 41.6. The van der Waals surface area contributed by atoms with Crippen LogP contribution in [0.15, 0.2) is 0 Å². The molecule has 5 atom stereocenters. The van der Waals surface area contributed by atoms with Gasteiger partial charge in [0.25, 0.3) is 0 Å². The van der Waals surface area contributed by atoms with Crippen LogP contribution in [0.5, 0.6) is 0 Å². The van der Waals surface area contributed by atoms with Gasteiger partial charge in [0.15, 0.2) is 12.2 Å². The maximum Gasteiger partial charge on any atom is 0.472 e. The number of ether oxygens (including phenoxy) is 4. The monoisotopic (exact) mass is 1370 g/mol. The lowest BCUT2D eigenvalue weighted by atomic mass is 10.0. The molecule has 0 bridgehead atoms. The number of carbonyl (C=O) groups excluding carboxylic acids is 4. The number of hydrogen-bond donors (Lipinski definition) is 3. The van der Waals surface area contributed by atoms with E-state index in [4.69, 9.17) is 37.0 Å². The maximum absolute atomic E-state index is 13.1. The second-order valence-electron chi connectivity index (χ2n) is 27.2. The Kier molecular flexibility index (Phi) is 65.9. The minimum atomic E-state index is -4.95. The van der Waals surface area contributed by atoms with Gasteiger partial charge in [0, 0.05) is 25.7 Å². The van der Waals surface area contributed by atoms with Crippen molar-refractivity contribution in [2.45, 2.75) is 406 Å². The third-order valence-electron chi connectivity index (χ3n) is 17.3.